The van der Waals surface area contributed by atoms with Gasteiger partial charge in [-0.25, -0.2) is 4.79 Å². The van der Waals surface area contributed by atoms with E-state index in [-0.39, 0.29) is 6.42 Å². The number of carbonyl (C=O) groups excluding carboxylic acids is 3. The summed E-state index contributed by atoms with van der Waals surface area (Å²) in [5.41, 5.74) is 0. The van der Waals surface area contributed by atoms with E-state index >= 15 is 0 Å². The number of hydrogen-bond acceptors (Lipinski definition) is 4. The second kappa shape index (κ2) is 6.34. The summed E-state index contributed by atoms with van der Waals surface area (Å²) in [5.74, 6) is -0.829. The van der Waals surface area contributed by atoms with Crippen LogP contribution in [-0.4, -0.2) is 53.9 Å². The lowest BCUT2D eigenvalue weighted by molar-refractivity contribution is -0.142. The summed E-state index contributed by atoms with van der Waals surface area (Å²) in [7, 11) is 0. The summed E-state index contributed by atoms with van der Waals surface area (Å²) in [5, 5.41) is 0. The number of carbonyl (C=O) groups is 3. The third-order valence-electron chi connectivity index (χ3n) is 2.56. The Hall–Kier alpha value is -1.43. The minimum Gasteiger partial charge on any atom is -0.382 e. The van der Waals surface area contributed by atoms with Crippen molar-refractivity contribution in [1.29, 1.82) is 0 Å². The zero-order chi connectivity index (χ0) is 12.8. The molecule has 1 fully saturated rings. The van der Waals surface area contributed by atoms with Gasteiger partial charge in [-0.2, -0.15) is 0 Å². The molecule has 1 rings (SSSR count). The van der Waals surface area contributed by atoms with Crippen LogP contribution >= 0.6 is 0 Å². The molecular formula is C11H18N2O4. The van der Waals surface area contributed by atoms with Crippen LogP contribution in [0, 0.1) is 0 Å². The van der Waals surface area contributed by atoms with Gasteiger partial charge < -0.3 is 4.74 Å². The van der Waals surface area contributed by atoms with Crippen LogP contribution in [-0.2, 0) is 14.3 Å². The molecule has 0 aromatic rings. The topological polar surface area (TPSA) is 66.9 Å². The van der Waals surface area contributed by atoms with Crippen molar-refractivity contribution >= 4 is 17.8 Å². The molecule has 1 heterocycles. The predicted octanol–water partition coefficient (Wildman–Crippen LogP) is 0.614. The van der Waals surface area contributed by atoms with Gasteiger partial charge in [0, 0.05) is 26.3 Å². The summed E-state index contributed by atoms with van der Waals surface area (Å²) < 4.78 is 5.14. The minimum absolute atomic E-state index is 0.214. The first-order valence-corrected chi connectivity index (χ1v) is 5.84. The van der Waals surface area contributed by atoms with E-state index in [2.05, 4.69) is 0 Å². The third kappa shape index (κ3) is 3.26. The van der Waals surface area contributed by atoms with Crippen molar-refractivity contribution in [3.8, 4) is 0 Å². The van der Waals surface area contributed by atoms with Crippen LogP contribution in [0.2, 0.25) is 0 Å². The highest BCUT2D eigenvalue weighted by atomic mass is 16.5. The zero-order valence-corrected chi connectivity index (χ0v) is 10.3. The normalized spacial score (nSPS) is 16.9. The highest BCUT2D eigenvalue weighted by Gasteiger charge is 2.36. The molecule has 1 saturated heterocycles. The van der Waals surface area contributed by atoms with E-state index in [1.807, 2.05) is 6.92 Å². The molecule has 0 unspecified atom stereocenters. The molecule has 0 bridgehead atoms. The van der Waals surface area contributed by atoms with E-state index in [1.54, 1.807) is 6.92 Å². The largest absolute Gasteiger partial charge is 0.382 e. The van der Waals surface area contributed by atoms with Crippen molar-refractivity contribution in [2.45, 2.75) is 26.7 Å². The molecule has 6 nitrogen and oxygen atoms in total. The standard InChI is InChI=1S/C11H18N2O4/c1-3-12-9(14)8-10(15)13(11(12)16)6-5-7-17-4-2/h3-8H2,1-2H3. The smallest absolute Gasteiger partial charge is 0.333 e. The Labute approximate surface area is 101 Å². The average Bonchev–Trinajstić information content (AvgIpc) is 2.28. The minimum atomic E-state index is -0.509. The molecule has 0 aliphatic carbocycles. The quantitative estimate of drug-likeness (QED) is 0.505. The van der Waals surface area contributed by atoms with Gasteiger partial charge in [0.15, 0.2) is 0 Å². The van der Waals surface area contributed by atoms with Crippen LogP contribution in [0.1, 0.15) is 26.7 Å². The Morgan fingerprint density at radius 1 is 1.12 bits per heavy atom. The number of rotatable bonds is 6. The number of hydrogen-bond donors (Lipinski definition) is 0. The van der Waals surface area contributed by atoms with Gasteiger partial charge in [0.05, 0.1) is 0 Å². The molecule has 17 heavy (non-hydrogen) atoms. The van der Waals surface area contributed by atoms with E-state index in [0.717, 1.165) is 9.80 Å². The summed E-state index contributed by atoms with van der Waals surface area (Å²) in [6.45, 7) is 5.32. The van der Waals surface area contributed by atoms with E-state index in [9.17, 15) is 14.4 Å². The molecule has 6 heteroatoms. The molecule has 96 valence electrons. The number of imide groups is 2. The highest BCUT2D eigenvalue weighted by Crippen LogP contribution is 2.12. The molecular weight excluding hydrogens is 224 g/mol. The number of nitrogens with zero attached hydrogens (tertiary/aromatic N) is 2. The first-order valence-electron chi connectivity index (χ1n) is 5.84. The summed E-state index contributed by atoms with van der Waals surface area (Å²) in [6, 6.07) is -0.509. The fourth-order valence-corrected chi connectivity index (χ4v) is 1.68. The average molecular weight is 242 g/mol. The van der Waals surface area contributed by atoms with E-state index in [1.165, 1.54) is 0 Å². The molecule has 1 aliphatic rings. The monoisotopic (exact) mass is 242 g/mol. The van der Waals surface area contributed by atoms with Gasteiger partial charge in [-0.05, 0) is 20.3 Å². The van der Waals surface area contributed by atoms with Crippen molar-refractivity contribution in [2.24, 2.45) is 0 Å². The number of amides is 4. The Morgan fingerprint density at radius 3 is 2.35 bits per heavy atom. The molecule has 0 N–H and O–H groups in total. The molecule has 0 aromatic heterocycles. The Kier molecular flexibility index (Phi) is 5.09. The van der Waals surface area contributed by atoms with Crippen LogP contribution in [0.25, 0.3) is 0 Å². The summed E-state index contributed by atoms with van der Waals surface area (Å²) >= 11 is 0. The lowest BCUT2D eigenvalue weighted by Gasteiger charge is -2.31. The van der Waals surface area contributed by atoms with Crippen LogP contribution < -0.4 is 0 Å². The second-order valence-electron chi connectivity index (χ2n) is 3.69. The lowest BCUT2D eigenvalue weighted by atomic mass is 10.2. The number of barbiturate groups is 1. The van der Waals surface area contributed by atoms with Crippen LogP contribution in [0.3, 0.4) is 0 Å². The lowest BCUT2D eigenvalue weighted by Crippen LogP contribution is -2.55. The maximum Gasteiger partial charge on any atom is 0.333 e. The van der Waals surface area contributed by atoms with Crippen molar-refractivity contribution in [2.75, 3.05) is 26.3 Å². The molecule has 0 saturated carbocycles. The predicted molar refractivity (Wildman–Crippen MR) is 60.2 cm³/mol. The fraction of sp³-hybridized carbons (Fsp3) is 0.727. The van der Waals surface area contributed by atoms with Gasteiger partial charge in [-0.3, -0.25) is 19.4 Å². The first kappa shape index (κ1) is 13.6. The SMILES string of the molecule is CCOCCCN1C(=O)CC(=O)N(CC)C1=O. The van der Waals surface area contributed by atoms with E-state index in [0.29, 0.717) is 32.7 Å². The van der Waals surface area contributed by atoms with Crippen LogP contribution in [0.5, 0.6) is 0 Å². The van der Waals surface area contributed by atoms with Gasteiger partial charge in [0.25, 0.3) is 0 Å². The molecule has 4 amide bonds. The second-order valence-corrected chi connectivity index (χ2v) is 3.69. The third-order valence-corrected chi connectivity index (χ3v) is 2.56. The molecule has 0 aromatic carbocycles. The number of ether oxygens (including phenoxy) is 1. The Balaban J connectivity index is 2.54. The Bertz CT molecular complexity index is 317. The van der Waals surface area contributed by atoms with Gasteiger partial charge in [0.1, 0.15) is 6.42 Å². The summed E-state index contributed by atoms with van der Waals surface area (Å²) in [6.07, 6.45) is 0.380. The van der Waals surface area contributed by atoms with Crippen LogP contribution in [0.15, 0.2) is 0 Å². The molecule has 1 aliphatic heterocycles. The maximum absolute atomic E-state index is 11.8. The number of urea groups is 1. The highest BCUT2D eigenvalue weighted by molar-refractivity contribution is 6.14. The van der Waals surface area contributed by atoms with Gasteiger partial charge in [-0.1, -0.05) is 0 Å². The van der Waals surface area contributed by atoms with Gasteiger partial charge >= 0.3 is 6.03 Å². The summed E-state index contributed by atoms with van der Waals surface area (Å²) in [4.78, 5) is 37.0. The molecule has 0 radical (unpaired) electrons. The van der Waals surface area contributed by atoms with Gasteiger partial charge in [-0.15, -0.1) is 0 Å². The Morgan fingerprint density at radius 2 is 1.76 bits per heavy atom. The maximum atomic E-state index is 11.8. The molecule has 0 spiro atoms. The first-order chi connectivity index (χ1) is 8.11. The van der Waals surface area contributed by atoms with E-state index in [4.69, 9.17) is 4.74 Å². The van der Waals surface area contributed by atoms with Crippen molar-refractivity contribution in [3.05, 3.63) is 0 Å². The fourth-order valence-electron chi connectivity index (χ4n) is 1.68. The van der Waals surface area contributed by atoms with Crippen LogP contribution in [0.4, 0.5) is 4.79 Å². The van der Waals surface area contributed by atoms with Crippen molar-refractivity contribution in [1.82, 2.24) is 9.80 Å². The van der Waals surface area contributed by atoms with E-state index < -0.39 is 17.8 Å². The zero-order valence-electron chi connectivity index (χ0n) is 10.3. The van der Waals surface area contributed by atoms with Crippen molar-refractivity contribution < 1.29 is 19.1 Å². The van der Waals surface area contributed by atoms with Crippen molar-refractivity contribution in [3.63, 3.8) is 0 Å². The molecule has 0 atom stereocenters. The van der Waals surface area contributed by atoms with Gasteiger partial charge in [0.2, 0.25) is 11.8 Å².